The second-order valence-electron chi connectivity index (χ2n) is 6.44. The molecule has 0 saturated carbocycles. The van der Waals surface area contributed by atoms with Crippen molar-refractivity contribution in [2.75, 3.05) is 13.7 Å². The van der Waals surface area contributed by atoms with E-state index in [1.807, 2.05) is 79.5 Å². The van der Waals surface area contributed by atoms with Crippen LogP contribution in [0, 0.1) is 0 Å². The highest BCUT2D eigenvalue weighted by atomic mass is 16.5. The zero-order valence-electron chi connectivity index (χ0n) is 16.0. The molecule has 0 saturated heterocycles. The lowest BCUT2D eigenvalue weighted by atomic mass is 10.1. The van der Waals surface area contributed by atoms with Gasteiger partial charge in [-0.1, -0.05) is 30.3 Å². The molecule has 3 rings (SSSR count). The van der Waals surface area contributed by atoms with Crippen LogP contribution >= 0.6 is 0 Å². The molecule has 0 bridgehead atoms. The van der Waals surface area contributed by atoms with Crippen molar-refractivity contribution in [2.24, 2.45) is 0 Å². The fourth-order valence-electron chi connectivity index (χ4n) is 3.20. The van der Waals surface area contributed by atoms with E-state index in [2.05, 4.69) is 5.10 Å². The van der Waals surface area contributed by atoms with E-state index in [4.69, 9.17) is 4.74 Å². The minimum absolute atomic E-state index is 0.0261. The van der Waals surface area contributed by atoms with Gasteiger partial charge in [0.15, 0.2) is 0 Å². The van der Waals surface area contributed by atoms with Crippen LogP contribution in [-0.4, -0.2) is 34.2 Å². The number of rotatable bonds is 7. The molecule has 0 N–H and O–H groups in total. The number of aromatic nitrogens is 2. The van der Waals surface area contributed by atoms with Gasteiger partial charge in [0.2, 0.25) is 5.91 Å². The lowest BCUT2D eigenvalue weighted by Crippen LogP contribution is -2.34. The smallest absolute Gasteiger partial charge is 0.227 e. The number of hydrogen-bond donors (Lipinski definition) is 0. The van der Waals surface area contributed by atoms with Gasteiger partial charge in [-0.25, -0.2) is 4.68 Å². The van der Waals surface area contributed by atoms with E-state index < -0.39 is 0 Å². The molecule has 3 aromatic rings. The molecule has 1 unspecified atom stereocenters. The molecule has 1 heterocycles. The van der Waals surface area contributed by atoms with Gasteiger partial charge in [0.25, 0.3) is 0 Å². The second-order valence-corrected chi connectivity index (χ2v) is 6.44. The molecule has 2 aromatic carbocycles. The Morgan fingerprint density at radius 2 is 1.96 bits per heavy atom. The summed E-state index contributed by atoms with van der Waals surface area (Å²) in [5, 5.41) is 4.38. The van der Waals surface area contributed by atoms with Crippen molar-refractivity contribution in [1.82, 2.24) is 14.7 Å². The first-order chi connectivity index (χ1) is 13.1. The fourth-order valence-corrected chi connectivity index (χ4v) is 3.20. The monoisotopic (exact) mass is 363 g/mol. The van der Waals surface area contributed by atoms with E-state index in [1.54, 1.807) is 18.0 Å². The summed E-state index contributed by atoms with van der Waals surface area (Å²) in [6, 6.07) is 17.7. The third-order valence-corrected chi connectivity index (χ3v) is 4.72. The number of para-hydroxylation sites is 1. The molecule has 0 aliphatic heterocycles. The van der Waals surface area contributed by atoms with E-state index >= 15 is 0 Å². The summed E-state index contributed by atoms with van der Waals surface area (Å²) in [5.41, 5.74) is 2.94. The van der Waals surface area contributed by atoms with Crippen molar-refractivity contribution >= 4 is 5.91 Å². The largest absolute Gasteiger partial charge is 0.497 e. The first-order valence-corrected chi connectivity index (χ1v) is 9.14. The molecule has 0 radical (unpaired) electrons. The lowest BCUT2D eigenvalue weighted by Gasteiger charge is -2.28. The Bertz CT molecular complexity index is 889. The molecule has 0 aliphatic rings. The zero-order valence-corrected chi connectivity index (χ0v) is 16.0. The first kappa shape index (κ1) is 18.7. The van der Waals surface area contributed by atoms with Crippen LogP contribution in [0.4, 0.5) is 0 Å². The van der Waals surface area contributed by atoms with Crippen LogP contribution in [0.1, 0.15) is 31.0 Å². The summed E-state index contributed by atoms with van der Waals surface area (Å²) < 4.78 is 7.10. The van der Waals surface area contributed by atoms with Crippen molar-refractivity contribution in [2.45, 2.75) is 26.3 Å². The number of carbonyl (C=O) groups is 1. The van der Waals surface area contributed by atoms with E-state index in [9.17, 15) is 4.79 Å². The van der Waals surface area contributed by atoms with Crippen molar-refractivity contribution in [3.8, 4) is 11.4 Å². The van der Waals surface area contributed by atoms with Gasteiger partial charge >= 0.3 is 0 Å². The van der Waals surface area contributed by atoms with Gasteiger partial charge in [-0.2, -0.15) is 5.10 Å². The summed E-state index contributed by atoms with van der Waals surface area (Å²) in [6.07, 6.45) is 4.00. The first-order valence-electron chi connectivity index (χ1n) is 9.14. The highest BCUT2D eigenvalue weighted by Crippen LogP contribution is 2.24. The van der Waals surface area contributed by atoms with Crippen molar-refractivity contribution in [3.63, 3.8) is 0 Å². The molecule has 1 amide bonds. The Balaban J connectivity index is 1.72. The Morgan fingerprint density at radius 3 is 2.67 bits per heavy atom. The van der Waals surface area contributed by atoms with Crippen molar-refractivity contribution in [3.05, 3.63) is 78.1 Å². The Morgan fingerprint density at radius 1 is 1.19 bits per heavy atom. The number of methoxy groups -OCH3 is 1. The van der Waals surface area contributed by atoms with Crippen molar-refractivity contribution in [1.29, 1.82) is 0 Å². The van der Waals surface area contributed by atoms with Crippen LogP contribution in [0.3, 0.4) is 0 Å². The zero-order chi connectivity index (χ0) is 19.2. The molecule has 5 nitrogen and oxygen atoms in total. The average Bonchev–Trinajstić information content (AvgIpc) is 3.17. The topological polar surface area (TPSA) is 47.4 Å². The summed E-state index contributed by atoms with van der Waals surface area (Å²) in [4.78, 5) is 14.8. The SMILES string of the molecule is CCN(C(=O)Cc1cnn(-c2ccccc2)c1)C(C)c1cccc(OC)c1. The molecular weight excluding hydrogens is 338 g/mol. The second kappa shape index (κ2) is 8.54. The van der Waals surface area contributed by atoms with Gasteiger partial charge in [0.05, 0.1) is 31.5 Å². The van der Waals surface area contributed by atoms with E-state index in [-0.39, 0.29) is 11.9 Å². The third kappa shape index (κ3) is 4.37. The summed E-state index contributed by atoms with van der Waals surface area (Å²) >= 11 is 0. The molecule has 1 aromatic heterocycles. The number of nitrogens with zero attached hydrogens (tertiary/aromatic N) is 3. The van der Waals surface area contributed by atoms with Gasteiger partial charge in [-0.15, -0.1) is 0 Å². The lowest BCUT2D eigenvalue weighted by molar-refractivity contribution is -0.132. The maximum atomic E-state index is 12.9. The third-order valence-electron chi connectivity index (χ3n) is 4.72. The van der Waals surface area contributed by atoms with Gasteiger partial charge in [-0.05, 0) is 49.2 Å². The van der Waals surface area contributed by atoms with Gasteiger partial charge in [-0.3, -0.25) is 4.79 Å². The van der Waals surface area contributed by atoms with Gasteiger partial charge in [0, 0.05) is 12.7 Å². The molecular formula is C22H25N3O2. The predicted octanol–water partition coefficient (Wildman–Crippen LogP) is 4.03. The van der Waals surface area contributed by atoms with Crippen LogP contribution in [-0.2, 0) is 11.2 Å². The van der Waals surface area contributed by atoms with Crippen LogP contribution in [0.25, 0.3) is 5.69 Å². The van der Waals surface area contributed by atoms with Crippen LogP contribution in [0.5, 0.6) is 5.75 Å². The maximum absolute atomic E-state index is 12.9. The number of carbonyl (C=O) groups excluding carboxylic acids is 1. The van der Waals surface area contributed by atoms with Crippen molar-refractivity contribution < 1.29 is 9.53 Å². The summed E-state index contributed by atoms with van der Waals surface area (Å²) in [6.45, 7) is 4.69. The number of likely N-dealkylation sites (N-methyl/N-ethyl adjacent to an activating group) is 1. The van der Waals surface area contributed by atoms with E-state index in [0.29, 0.717) is 13.0 Å². The summed E-state index contributed by atoms with van der Waals surface area (Å²) in [5.74, 6) is 0.882. The molecule has 1 atom stereocenters. The van der Waals surface area contributed by atoms with Crippen LogP contribution in [0.2, 0.25) is 0 Å². The highest BCUT2D eigenvalue weighted by Gasteiger charge is 2.21. The summed E-state index contributed by atoms with van der Waals surface area (Å²) in [7, 11) is 1.65. The minimum Gasteiger partial charge on any atom is -0.497 e. The van der Waals surface area contributed by atoms with E-state index in [1.165, 1.54) is 0 Å². The van der Waals surface area contributed by atoms with Gasteiger partial charge < -0.3 is 9.64 Å². The average molecular weight is 363 g/mol. The van der Waals surface area contributed by atoms with E-state index in [0.717, 1.165) is 22.6 Å². The van der Waals surface area contributed by atoms with Crippen LogP contribution < -0.4 is 4.74 Å². The minimum atomic E-state index is -0.0261. The number of ether oxygens (including phenoxy) is 1. The Kier molecular flexibility index (Phi) is 5.91. The number of hydrogen-bond acceptors (Lipinski definition) is 3. The Labute approximate surface area is 160 Å². The molecule has 0 aliphatic carbocycles. The molecule has 0 fully saturated rings. The fraction of sp³-hybridized carbons (Fsp3) is 0.273. The quantitative estimate of drug-likeness (QED) is 0.637. The molecule has 5 heteroatoms. The van der Waals surface area contributed by atoms with Crippen LogP contribution in [0.15, 0.2) is 67.0 Å². The molecule has 0 spiro atoms. The molecule has 140 valence electrons. The number of benzene rings is 2. The highest BCUT2D eigenvalue weighted by molar-refractivity contribution is 5.79. The maximum Gasteiger partial charge on any atom is 0.227 e. The Hall–Kier alpha value is -3.08. The standard InChI is InChI=1S/C22H25N3O2/c1-4-24(17(2)19-9-8-12-21(14-19)27-3)22(26)13-18-15-23-25(16-18)20-10-6-5-7-11-20/h5-12,14-17H,4,13H2,1-3H3. The number of amides is 1. The molecule has 27 heavy (non-hydrogen) atoms. The predicted molar refractivity (Wildman–Crippen MR) is 106 cm³/mol. The van der Waals surface area contributed by atoms with Gasteiger partial charge in [0.1, 0.15) is 5.75 Å². The normalized spacial score (nSPS) is 11.8.